The van der Waals surface area contributed by atoms with Crippen molar-refractivity contribution in [2.75, 3.05) is 37.0 Å². The molecule has 0 aliphatic heterocycles. The molecule has 0 unspecified atom stereocenters. The van der Waals surface area contributed by atoms with Crippen molar-refractivity contribution in [2.24, 2.45) is 0 Å². The first-order valence-electron chi connectivity index (χ1n) is 13.2. The highest BCUT2D eigenvalue weighted by molar-refractivity contribution is 7.94. The zero-order valence-corrected chi connectivity index (χ0v) is 24.9. The second-order valence-electron chi connectivity index (χ2n) is 9.83. The number of nitrogens with one attached hydrogen (secondary N) is 1. The lowest BCUT2D eigenvalue weighted by atomic mass is 9.92. The number of anilines is 2. The van der Waals surface area contributed by atoms with Gasteiger partial charge < -0.3 is 14.6 Å². The van der Waals surface area contributed by atoms with E-state index in [2.05, 4.69) is 17.1 Å². The van der Waals surface area contributed by atoms with Gasteiger partial charge in [-0.1, -0.05) is 48.5 Å². The number of ether oxygens (including phenoxy) is 1. The van der Waals surface area contributed by atoms with Gasteiger partial charge in [0.25, 0.3) is 15.9 Å². The topological polar surface area (TPSA) is 95.6 Å². The van der Waals surface area contributed by atoms with E-state index in [4.69, 9.17) is 9.72 Å². The number of aromatic amines is 1. The third kappa shape index (κ3) is 4.83. The highest BCUT2D eigenvalue weighted by atomic mass is 32.2. The molecular formula is C32H28N4O4S2. The second kappa shape index (κ2) is 11.1. The number of amides is 1. The molecule has 0 aliphatic carbocycles. The molecule has 3 aromatic heterocycles. The average molecular weight is 597 g/mol. The summed E-state index contributed by atoms with van der Waals surface area (Å²) in [4.78, 5) is 22.1. The van der Waals surface area contributed by atoms with E-state index in [1.807, 2.05) is 60.8 Å². The van der Waals surface area contributed by atoms with Crippen LogP contribution >= 0.6 is 11.3 Å². The highest BCUT2D eigenvalue weighted by Gasteiger charge is 2.24. The fourth-order valence-corrected chi connectivity index (χ4v) is 7.42. The van der Waals surface area contributed by atoms with E-state index in [1.54, 1.807) is 42.6 Å². The Morgan fingerprint density at radius 3 is 2.36 bits per heavy atom. The first-order valence-corrected chi connectivity index (χ1v) is 15.5. The van der Waals surface area contributed by atoms with Crippen LogP contribution in [0.1, 0.15) is 0 Å². The third-order valence-electron chi connectivity index (χ3n) is 7.35. The Labute approximate surface area is 247 Å². The van der Waals surface area contributed by atoms with Crippen molar-refractivity contribution in [3.63, 3.8) is 0 Å². The number of likely N-dealkylation sites (N-methyl/N-ethyl adjacent to an activating group) is 1. The smallest absolute Gasteiger partial charge is 0.273 e. The van der Waals surface area contributed by atoms with E-state index in [-0.39, 0.29) is 16.7 Å². The summed E-state index contributed by atoms with van der Waals surface area (Å²) in [6.07, 6.45) is 1.85. The van der Waals surface area contributed by atoms with Crippen molar-refractivity contribution >= 4 is 60.6 Å². The Hall–Kier alpha value is -4.51. The van der Waals surface area contributed by atoms with Gasteiger partial charge in [0.15, 0.2) is 0 Å². The number of methoxy groups -OCH3 is 1. The molecule has 42 heavy (non-hydrogen) atoms. The maximum Gasteiger partial charge on any atom is 0.273 e. The third-order valence-corrected chi connectivity index (χ3v) is 10.5. The predicted octanol–water partition coefficient (Wildman–Crippen LogP) is 6.55. The molecule has 3 heterocycles. The van der Waals surface area contributed by atoms with E-state index in [1.165, 1.54) is 22.8 Å². The second-order valence-corrected chi connectivity index (χ2v) is 13.0. The number of hydrogen-bond donors (Lipinski definition) is 1. The number of hydrogen-bond acceptors (Lipinski definition) is 6. The predicted molar refractivity (Wildman–Crippen MR) is 170 cm³/mol. The van der Waals surface area contributed by atoms with Gasteiger partial charge in [-0.25, -0.2) is 13.4 Å². The molecule has 1 N–H and O–H groups in total. The van der Waals surface area contributed by atoms with Crippen molar-refractivity contribution in [2.45, 2.75) is 4.21 Å². The maximum absolute atomic E-state index is 13.3. The van der Waals surface area contributed by atoms with Gasteiger partial charge in [-0.05, 0) is 52.9 Å². The number of fused-ring (bicyclic) bond motifs is 3. The van der Waals surface area contributed by atoms with E-state index in [0.717, 1.165) is 44.2 Å². The molecule has 0 bridgehead atoms. The molecule has 10 heteroatoms. The van der Waals surface area contributed by atoms with Crippen molar-refractivity contribution in [1.82, 2.24) is 9.97 Å². The number of rotatable bonds is 8. The lowest BCUT2D eigenvalue weighted by Gasteiger charge is -2.19. The molecule has 0 saturated carbocycles. The quantitative estimate of drug-likeness (QED) is 0.215. The number of aromatic nitrogens is 2. The van der Waals surface area contributed by atoms with Gasteiger partial charge >= 0.3 is 0 Å². The van der Waals surface area contributed by atoms with Crippen LogP contribution in [-0.2, 0) is 19.6 Å². The summed E-state index contributed by atoms with van der Waals surface area (Å²) < 4.78 is 33.2. The van der Waals surface area contributed by atoms with Crippen LogP contribution in [0.4, 0.5) is 11.4 Å². The largest absolute Gasteiger partial charge is 0.375 e. The molecule has 0 radical (unpaired) electrons. The van der Waals surface area contributed by atoms with Crippen LogP contribution in [0.15, 0.2) is 101 Å². The maximum atomic E-state index is 13.3. The molecular weight excluding hydrogens is 569 g/mol. The van der Waals surface area contributed by atoms with Crippen LogP contribution in [0, 0.1) is 0 Å². The Morgan fingerprint density at radius 1 is 0.929 bits per heavy atom. The number of pyridine rings is 1. The number of sulfonamides is 1. The van der Waals surface area contributed by atoms with Crippen molar-refractivity contribution in [3.05, 3.63) is 96.5 Å². The van der Waals surface area contributed by atoms with Crippen molar-refractivity contribution in [3.8, 4) is 22.3 Å². The number of thiophene rings is 1. The summed E-state index contributed by atoms with van der Waals surface area (Å²) in [5.74, 6) is -0.140. The fraction of sp³-hybridized carbons (Fsp3) is 0.125. The molecule has 0 aliphatic rings. The van der Waals surface area contributed by atoms with E-state index < -0.39 is 10.0 Å². The summed E-state index contributed by atoms with van der Waals surface area (Å²) in [5.41, 5.74) is 6.68. The zero-order valence-electron chi connectivity index (χ0n) is 23.2. The number of nitrogens with zero attached hydrogens (tertiary/aromatic N) is 3. The fourth-order valence-electron chi connectivity index (χ4n) is 5.08. The summed E-state index contributed by atoms with van der Waals surface area (Å²) in [6.45, 7) is 0.00333. The molecule has 0 spiro atoms. The Kier molecular flexibility index (Phi) is 7.28. The first-order chi connectivity index (χ1) is 20.3. The van der Waals surface area contributed by atoms with Gasteiger partial charge in [-0.2, -0.15) is 0 Å². The number of carbonyl (C=O) groups excluding carboxylic acids is 1. The van der Waals surface area contributed by atoms with Crippen molar-refractivity contribution < 1.29 is 17.9 Å². The van der Waals surface area contributed by atoms with Crippen LogP contribution in [0.5, 0.6) is 0 Å². The summed E-state index contributed by atoms with van der Waals surface area (Å²) in [5, 5.41) is 3.52. The van der Waals surface area contributed by atoms with Crippen LogP contribution < -0.4 is 9.21 Å². The van der Waals surface area contributed by atoms with Gasteiger partial charge in [0.2, 0.25) is 0 Å². The van der Waals surface area contributed by atoms with E-state index in [9.17, 15) is 13.2 Å². The number of benzene rings is 3. The summed E-state index contributed by atoms with van der Waals surface area (Å²) >= 11 is 1.19. The Bertz CT molecular complexity index is 2000. The molecule has 6 rings (SSSR count). The molecule has 3 aromatic carbocycles. The molecule has 0 fully saturated rings. The summed E-state index contributed by atoms with van der Waals surface area (Å²) in [7, 11) is 1.09. The number of H-pyrrole nitrogens is 1. The molecule has 0 saturated heterocycles. The van der Waals surface area contributed by atoms with Gasteiger partial charge in [0.1, 0.15) is 16.5 Å². The van der Waals surface area contributed by atoms with Crippen LogP contribution in [0.2, 0.25) is 0 Å². The zero-order chi connectivity index (χ0) is 29.4. The Morgan fingerprint density at radius 2 is 1.67 bits per heavy atom. The minimum Gasteiger partial charge on any atom is -0.375 e. The minimum absolute atomic E-state index is 0.00333. The molecule has 1 amide bonds. The SMILES string of the molecule is COCC(=O)N(C)c1ccc(-c2cnc3[nH]c4ccc(N(C)S(=O)(=O)c5cccs5)cc4c3c2-c2ccccc2)cc1. The highest BCUT2D eigenvalue weighted by Crippen LogP contribution is 2.42. The Balaban J connectivity index is 1.53. The van der Waals surface area contributed by atoms with Gasteiger partial charge in [-0.15, -0.1) is 11.3 Å². The molecule has 8 nitrogen and oxygen atoms in total. The average Bonchev–Trinajstić information content (AvgIpc) is 3.69. The summed E-state index contributed by atoms with van der Waals surface area (Å²) in [6, 6.07) is 26.8. The van der Waals surface area contributed by atoms with E-state index in [0.29, 0.717) is 11.3 Å². The monoisotopic (exact) mass is 596 g/mol. The van der Waals surface area contributed by atoms with Crippen LogP contribution in [0.3, 0.4) is 0 Å². The molecule has 212 valence electrons. The van der Waals surface area contributed by atoms with Crippen LogP contribution in [0.25, 0.3) is 44.2 Å². The van der Waals surface area contributed by atoms with Gasteiger partial charge in [-0.3, -0.25) is 9.10 Å². The lowest BCUT2D eigenvalue weighted by molar-refractivity contribution is -0.121. The standard InChI is InChI=1S/C32H28N4O4S2/c1-35(28(37)20-40-3)23-13-11-21(12-14-23)26-19-33-32-31(30(26)22-8-5-4-6-9-22)25-18-24(15-16-27(25)34-32)36(2)42(38,39)29-10-7-17-41-29/h4-19H,20H2,1-3H3,(H,33,34). The normalized spacial score (nSPS) is 11.7. The van der Waals surface area contributed by atoms with Crippen LogP contribution in [-0.4, -0.2) is 52.1 Å². The minimum atomic E-state index is -3.70. The molecule has 6 aromatic rings. The number of carbonyl (C=O) groups is 1. The van der Waals surface area contributed by atoms with Crippen molar-refractivity contribution in [1.29, 1.82) is 0 Å². The lowest BCUT2D eigenvalue weighted by Crippen LogP contribution is -2.29. The molecule has 0 atom stereocenters. The first kappa shape index (κ1) is 27.6. The van der Waals surface area contributed by atoms with E-state index >= 15 is 0 Å². The van der Waals surface area contributed by atoms with Gasteiger partial charge in [0.05, 0.1) is 5.69 Å². The van der Waals surface area contributed by atoms with Gasteiger partial charge in [0, 0.05) is 60.5 Å².